The number of fused-ring (bicyclic) bond motifs is 1. The van der Waals surface area contributed by atoms with Crippen LogP contribution in [0.4, 0.5) is 0 Å². The predicted octanol–water partition coefficient (Wildman–Crippen LogP) is 3.17. The molecule has 1 heterocycles. The first-order valence-electron chi connectivity index (χ1n) is 7.85. The Labute approximate surface area is 127 Å². The topological polar surface area (TPSA) is 39.7 Å². The number of hydrogen-bond donors (Lipinski definition) is 1. The first-order chi connectivity index (χ1) is 10.2. The molecule has 1 aliphatic heterocycles. The molecule has 0 fully saturated rings. The van der Waals surface area contributed by atoms with Gasteiger partial charge in [0.15, 0.2) is 11.5 Å². The molecule has 1 atom stereocenters. The van der Waals surface area contributed by atoms with E-state index >= 15 is 0 Å². The molecule has 0 amide bonds. The molecule has 1 aliphatic rings. The molecule has 1 aromatic carbocycles. The normalized spacial score (nSPS) is 15.8. The van der Waals surface area contributed by atoms with Gasteiger partial charge in [0.05, 0.1) is 25.9 Å². The van der Waals surface area contributed by atoms with Crippen molar-refractivity contribution < 1.29 is 14.2 Å². The average molecular weight is 293 g/mol. The van der Waals surface area contributed by atoms with E-state index in [2.05, 4.69) is 31.3 Å². The summed E-state index contributed by atoms with van der Waals surface area (Å²) in [6.45, 7) is 7.33. The van der Waals surface area contributed by atoms with Crippen LogP contribution in [0.2, 0.25) is 0 Å². The number of likely N-dealkylation sites (N-methyl/N-ethyl adjacent to an activating group) is 1. The second kappa shape index (κ2) is 8.25. The zero-order valence-electron chi connectivity index (χ0n) is 13.4. The van der Waals surface area contributed by atoms with Crippen LogP contribution in [0.3, 0.4) is 0 Å². The van der Waals surface area contributed by atoms with Gasteiger partial charge < -0.3 is 19.5 Å². The third-order valence-electron chi connectivity index (χ3n) is 3.65. The highest BCUT2D eigenvalue weighted by atomic mass is 16.5. The van der Waals surface area contributed by atoms with Crippen molar-refractivity contribution >= 4 is 0 Å². The second-order valence-corrected chi connectivity index (χ2v) is 5.86. The van der Waals surface area contributed by atoms with E-state index in [0.29, 0.717) is 19.1 Å². The lowest BCUT2D eigenvalue weighted by Gasteiger charge is -2.19. The van der Waals surface area contributed by atoms with Crippen molar-refractivity contribution in [2.75, 3.05) is 33.5 Å². The molecule has 1 N–H and O–H groups in total. The van der Waals surface area contributed by atoms with Gasteiger partial charge in [0.2, 0.25) is 0 Å². The number of rotatable bonds is 7. The van der Waals surface area contributed by atoms with E-state index in [-0.39, 0.29) is 6.04 Å². The van der Waals surface area contributed by atoms with E-state index in [1.165, 1.54) is 5.56 Å². The third-order valence-corrected chi connectivity index (χ3v) is 3.65. The standard InChI is InChI=1S/C17H27NO3/c1-13(2)7-10-19-12-15(18-3)14-5-6-16-17(11-14)21-9-4-8-20-16/h5-6,11,13,15,18H,4,7-10,12H2,1-3H3. The Balaban J connectivity index is 1.96. The molecule has 0 aromatic heterocycles. The Morgan fingerprint density at radius 2 is 1.95 bits per heavy atom. The van der Waals surface area contributed by atoms with Crippen LogP contribution >= 0.6 is 0 Å². The Hall–Kier alpha value is -1.26. The molecule has 0 bridgehead atoms. The second-order valence-electron chi connectivity index (χ2n) is 5.86. The van der Waals surface area contributed by atoms with Gasteiger partial charge in [-0.3, -0.25) is 0 Å². The van der Waals surface area contributed by atoms with Gasteiger partial charge in [-0.05, 0) is 37.1 Å². The SMILES string of the molecule is CNC(COCCC(C)C)c1ccc2c(c1)OCCCO2. The van der Waals surface area contributed by atoms with Gasteiger partial charge in [-0.15, -0.1) is 0 Å². The molecule has 0 saturated heterocycles. The maximum absolute atomic E-state index is 5.79. The van der Waals surface area contributed by atoms with Crippen molar-refractivity contribution in [2.24, 2.45) is 5.92 Å². The molecule has 21 heavy (non-hydrogen) atoms. The molecule has 1 unspecified atom stereocenters. The van der Waals surface area contributed by atoms with Crippen molar-refractivity contribution in [3.05, 3.63) is 23.8 Å². The van der Waals surface area contributed by atoms with Gasteiger partial charge in [0.25, 0.3) is 0 Å². The summed E-state index contributed by atoms with van der Waals surface area (Å²) in [5.74, 6) is 2.36. The van der Waals surface area contributed by atoms with Crippen LogP contribution < -0.4 is 14.8 Å². The minimum atomic E-state index is 0.175. The van der Waals surface area contributed by atoms with Crippen molar-refractivity contribution in [2.45, 2.75) is 32.7 Å². The van der Waals surface area contributed by atoms with Gasteiger partial charge in [-0.2, -0.15) is 0 Å². The summed E-state index contributed by atoms with van der Waals surface area (Å²) >= 11 is 0. The molecule has 4 heteroatoms. The van der Waals surface area contributed by atoms with E-state index in [0.717, 1.165) is 37.6 Å². The first-order valence-corrected chi connectivity index (χ1v) is 7.85. The monoisotopic (exact) mass is 293 g/mol. The molecule has 118 valence electrons. The summed E-state index contributed by atoms with van der Waals surface area (Å²) in [4.78, 5) is 0. The minimum absolute atomic E-state index is 0.175. The molecular formula is C17H27NO3. The van der Waals surface area contributed by atoms with Gasteiger partial charge in [-0.25, -0.2) is 0 Å². The van der Waals surface area contributed by atoms with Crippen LogP contribution in [0.5, 0.6) is 11.5 Å². The lowest BCUT2D eigenvalue weighted by molar-refractivity contribution is 0.104. The molecule has 4 nitrogen and oxygen atoms in total. The Morgan fingerprint density at radius 3 is 2.67 bits per heavy atom. The molecule has 0 aliphatic carbocycles. The van der Waals surface area contributed by atoms with Crippen LogP contribution in [0, 0.1) is 5.92 Å². The summed E-state index contributed by atoms with van der Waals surface area (Å²) in [5, 5.41) is 3.31. The molecule has 0 saturated carbocycles. The molecule has 0 spiro atoms. The van der Waals surface area contributed by atoms with Crippen LogP contribution in [-0.4, -0.2) is 33.5 Å². The summed E-state index contributed by atoms with van der Waals surface area (Å²) in [6.07, 6.45) is 2.02. The molecule has 2 rings (SSSR count). The molecule has 0 radical (unpaired) electrons. The fourth-order valence-electron chi connectivity index (χ4n) is 2.26. The van der Waals surface area contributed by atoms with E-state index in [9.17, 15) is 0 Å². The number of nitrogens with one attached hydrogen (secondary N) is 1. The maximum Gasteiger partial charge on any atom is 0.161 e. The zero-order chi connectivity index (χ0) is 15.1. The predicted molar refractivity (Wildman–Crippen MR) is 84.1 cm³/mol. The van der Waals surface area contributed by atoms with E-state index in [1.54, 1.807) is 0 Å². The van der Waals surface area contributed by atoms with E-state index in [4.69, 9.17) is 14.2 Å². The van der Waals surface area contributed by atoms with Crippen molar-refractivity contribution in [1.82, 2.24) is 5.32 Å². The highest BCUT2D eigenvalue weighted by Gasteiger charge is 2.15. The summed E-state index contributed by atoms with van der Waals surface area (Å²) in [6, 6.07) is 6.32. The first kappa shape index (κ1) is 16.1. The van der Waals surface area contributed by atoms with Gasteiger partial charge >= 0.3 is 0 Å². The quantitative estimate of drug-likeness (QED) is 0.784. The lowest BCUT2D eigenvalue weighted by Crippen LogP contribution is -2.22. The number of benzene rings is 1. The average Bonchev–Trinajstić information content (AvgIpc) is 2.71. The Morgan fingerprint density at radius 1 is 1.19 bits per heavy atom. The van der Waals surface area contributed by atoms with E-state index < -0.39 is 0 Å². The van der Waals surface area contributed by atoms with Crippen LogP contribution in [-0.2, 0) is 4.74 Å². The molecular weight excluding hydrogens is 266 g/mol. The fourth-order valence-corrected chi connectivity index (χ4v) is 2.26. The van der Waals surface area contributed by atoms with E-state index in [1.807, 2.05) is 13.1 Å². The van der Waals surface area contributed by atoms with Gasteiger partial charge in [-0.1, -0.05) is 19.9 Å². The Bertz CT molecular complexity index is 434. The summed E-state index contributed by atoms with van der Waals surface area (Å²) in [7, 11) is 1.96. The largest absolute Gasteiger partial charge is 0.490 e. The lowest BCUT2D eigenvalue weighted by atomic mass is 10.1. The third kappa shape index (κ3) is 4.90. The summed E-state index contributed by atoms with van der Waals surface area (Å²) in [5.41, 5.74) is 1.17. The van der Waals surface area contributed by atoms with Crippen LogP contribution in [0.25, 0.3) is 0 Å². The summed E-state index contributed by atoms with van der Waals surface area (Å²) < 4.78 is 17.2. The zero-order valence-corrected chi connectivity index (χ0v) is 13.4. The van der Waals surface area contributed by atoms with Crippen LogP contribution in [0.15, 0.2) is 18.2 Å². The van der Waals surface area contributed by atoms with Gasteiger partial charge in [0.1, 0.15) is 0 Å². The smallest absolute Gasteiger partial charge is 0.161 e. The Kier molecular flexibility index (Phi) is 6.33. The van der Waals surface area contributed by atoms with Crippen molar-refractivity contribution in [3.63, 3.8) is 0 Å². The van der Waals surface area contributed by atoms with Crippen molar-refractivity contribution in [1.29, 1.82) is 0 Å². The number of hydrogen-bond acceptors (Lipinski definition) is 4. The maximum atomic E-state index is 5.79. The van der Waals surface area contributed by atoms with Crippen LogP contribution in [0.1, 0.15) is 38.3 Å². The molecule has 1 aromatic rings. The minimum Gasteiger partial charge on any atom is -0.490 e. The number of ether oxygens (including phenoxy) is 3. The highest BCUT2D eigenvalue weighted by molar-refractivity contribution is 5.44. The van der Waals surface area contributed by atoms with Gasteiger partial charge in [0, 0.05) is 13.0 Å². The fraction of sp³-hybridized carbons (Fsp3) is 0.647. The highest BCUT2D eigenvalue weighted by Crippen LogP contribution is 2.32. The van der Waals surface area contributed by atoms with Crippen molar-refractivity contribution in [3.8, 4) is 11.5 Å².